The Morgan fingerprint density at radius 1 is 1.04 bits per heavy atom. The number of hydrogen-bond donors (Lipinski definition) is 1. The van der Waals surface area contributed by atoms with Crippen molar-refractivity contribution >= 4 is 28.2 Å². The predicted octanol–water partition coefficient (Wildman–Crippen LogP) is 4.97. The Morgan fingerprint density at radius 3 is 2.21 bits per heavy atom. The first-order valence-corrected chi connectivity index (χ1v) is 9.11. The molecule has 0 radical (unpaired) electrons. The highest BCUT2D eigenvalue weighted by atomic mass is 32.1. The lowest BCUT2D eigenvalue weighted by Gasteiger charge is -2.26. The summed E-state index contributed by atoms with van der Waals surface area (Å²) in [7, 11) is 0. The van der Waals surface area contributed by atoms with Crippen LogP contribution in [0.3, 0.4) is 0 Å². The van der Waals surface area contributed by atoms with Gasteiger partial charge in [-0.1, -0.05) is 6.42 Å². The van der Waals surface area contributed by atoms with Crippen LogP contribution in [0.5, 0.6) is 0 Å². The Balaban J connectivity index is 2.42. The zero-order valence-electron chi connectivity index (χ0n) is 14.5. The summed E-state index contributed by atoms with van der Waals surface area (Å²) in [5.74, 6) is -16.5. The summed E-state index contributed by atoms with van der Waals surface area (Å²) in [5, 5.41) is 0.874. The zero-order chi connectivity index (χ0) is 21.3. The van der Waals surface area contributed by atoms with Crippen molar-refractivity contribution in [1.82, 2.24) is 0 Å². The molecule has 1 heterocycles. The molecule has 158 valence electrons. The van der Waals surface area contributed by atoms with E-state index in [-0.39, 0.29) is 12.2 Å². The molecular weight excluding hydrogens is 419 g/mol. The van der Waals surface area contributed by atoms with Gasteiger partial charge in [0, 0.05) is 4.88 Å². The van der Waals surface area contributed by atoms with E-state index in [1.54, 1.807) is 0 Å². The normalized spacial score (nSPS) is 15.6. The summed E-state index contributed by atoms with van der Waals surface area (Å²) in [6, 6.07) is 0. The van der Waals surface area contributed by atoms with Crippen LogP contribution in [0.15, 0.2) is 0 Å². The van der Waals surface area contributed by atoms with Gasteiger partial charge < -0.3 is 10.1 Å². The number of amides is 1. The molecule has 4 nitrogen and oxygen atoms in total. The molecule has 0 aliphatic heterocycles. The van der Waals surface area contributed by atoms with Crippen molar-refractivity contribution < 1.29 is 45.1 Å². The third kappa shape index (κ3) is 3.96. The average molecular weight is 435 g/mol. The van der Waals surface area contributed by atoms with E-state index >= 15 is 0 Å². The molecule has 1 aromatic heterocycles. The first kappa shape index (κ1) is 22.4. The van der Waals surface area contributed by atoms with E-state index in [1.807, 2.05) is 0 Å². The first-order valence-electron chi connectivity index (χ1n) is 8.30. The molecule has 28 heavy (non-hydrogen) atoms. The van der Waals surface area contributed by atoms with Crippen molar-refractivity contribution in [2.24, 2.45) is 0 Å². The fourth-order valence-corrected chi connectivity index (χ4v) is 4.02. The van der Waals surface area contributed by atoms with E-state index < -0.39 is 34.9 Å². The topological polar surface area (TPSA) is 55.4 Å². The summed E-state index contributed by atoms with van der Waals surface area (Å²) in [4.78, 5) is 24.4. The average Bonchev–Trinajstić information content (AvgIpc) is 2.74. The number of rotatable bonds is 5. The largest absolute Gasteiger partial charge is 0.462 e. The molecular formula is C16H16F7NO3S. The van der Waals surface area contributed by atoms with E-state index in [2.05, 4.69) is 0 Å². The fourth-order valence-electron chi connectivity index (χ4n) is 2.75. The summed E-state index contributed by atoms with van der Waals surface area (Å²) in [5.41, 5.74) is 0.158. The number of anilines is 1. The second kappa shape index (κ2) is 7.88. The molecule has 0 unspecified atom stereocenters. The SMILES string of the molecule is CCOC(=O)c1c(NC(=O)C(F)(F)C(F)(F)C(F)(F)F)sc2c1CCCCC2. The van der Waals surface area contributed by atoms with E-state index in [1.165, 1.54) is 12.2 Å². The van der Waals surface area contributed by atoms with Crippen LogP contribution in [0, 0.1) is 0 Å². The molecule has 1 aromatic rings. The van der Waals surface area contributed by atoms with Crippen LogP contribution in [0.1, 0.15) is 47.0 Å². The van der Waals surface area contributed by atoms with Gasteiger partial charge in [-0.05, 0) is 38.2 Å². The number of aryl methyl sites for hydroxylation is 1. The molecule has 0 spiro atoms. The lowest BCUT2D eigenvalue weighted by Crippen LogP contribution is -2.57. The van der Waals surface area contributed by atoms with Crippen LogP contribution in [0.2, 0.25) is 0 Å². The minimum atomic E-state index is -6.63. The van der Waals surface area contributed by atoms with Crippen molar-refractivity contribution in [1.29, 1.82) is 0 Å². The van der Waals surface area contributed by atoms with Gasteiger partial charge in [0.1, 0.15) is 5.00 Å². The van der Waals surface area contributed by atoms with Gasteiger partial charge in [0.05, 0.1) is 12.2 Å². The van der Waals surface area contributed by atoms with Crippen LogP contribution >= 0.6 is 11.3 Å². The van der Waals surface area contributed by atoms with Crippen molar-refractivity contribution in [3.63, 3.8) is 0 Å². The van der Waals surface area contributed by atoms with Crippen LogP contribution < -0.4 is 5.32 Å². The van der Waals surface area contributed by atoms with E-state index in [0.29, 0.717) is 47.5 Å². The molecule has 1 amide bonds. The number of carbonyl (C=O) groups is 2. The monoisotopic (exact) mass is 435 g/mol. The number of hydrogen-bond acceptors (Lipinski definition) is 4. The Kier molecular flexibility index (Phi) is 6.31. The van der Waals surface area contributed by atoms with Gasteiger partial charge in [0.2, 0.25) is 0 Å². The van der Waals surface area contributed by atoms with Gasteiger partial charge in [0.25, 0.3) is 0 Å². The van der Waals surface area contributed by atoms with Crippen molar-refractivity contribution in [3.05, 3.63) is 16.0 Å². The second-order valence-corrected chi connectivity index (χ2v) is 7.19. The maximum absolute atomic E-state index is 13.6. The highest BCUT2D eigenvalue weighted by molar-refractivity contribution is 7.17. The standard InChI is InChI=1S/C16H16F7NO3S/c1-2-27-12(25)10-8-6-4-3-5-7-9(8)28-11(10)24-13(26)14(17,18)15(19,20)16(21,22)23/h2-7H2,1H3,(H,24,26). The molecule has 2 rings (SSSR count). The number of alkyl halides is 7. The number of nitrogens with one attached hydrogen (secondary N) is 1. The van der Waals surface area contributed by atoms with Crippen LogP contribution in [-0.2, 0) is 22.4 Å². The number of fused-ring (bicyclic) bond motifs is 1. The minimum Gasteiger partial charge on any atom is -0.462 e. The van der Waals surface area contributed by atoms with E-state index in [4.69, 9.17) is 4.74 Å². The smallest absolute Gasteiger partial charge is 0.460 e. The van der Waals surface area contributed by atoms with Crippen LogP contribution in [-0.4, -0.2) is 36.5 Å². The van der Waals surface area contributed by atoms with E-state index in [0.717, 1.165) is 6.42 Å². The maximum atomic E-state index is 13.6. The number of ether oxygens (including phenoxy) is 1. The summed E-state index contributed by atoms with van der Waals surface area (Å²) < 4.78 is 95.1. The van der Waals surface area contributed by atoms with Gasteiger partial charge in [0.15, 0.2) is 0 Å². The van der Waals surface area contributed by atoms with Crippen molar-refractivity contribution in [3.8, 4) is 0 Å². The highest BCUT2D eigenvalue weighted by Crippen LogP contribution is 2.47. The third-order valence-corrected chi connectivity index (χ3v) is 5.37. The summed E-state index contributed by atoms with van der Waals surface area (Å²) in [6.07, 6.45) is -3.61. The quantitative estimate of drug-likeness (QED) is 0.404. The predicted molar refractivity (Wildman–Crippen MR) is 86.1 cm³/mol. The molecule has 0 atom stereocenters. The Labute approximate surface area is 159 Å². The minimum absolute atomic E-state index is 0.0842. The molecule has 1 aliphatic rings. The molecule has 1 aliphatic carbocycles. The molecule has 0 saturated carbocycles. The maximum Gasteiger partial charge on any atom is 0.460 e. The van der Waals surface area contributed by atoms with Gasteiger partial charge in [-0.25, -0.2) is 4.79 Å². The number of carbonyl (C=O) groups excluding carboxylic acids is 2. The van der Waals surface area contributed by atoms with Gasteiger partial charge in [-0.2, -0.15) is 30.7 Å². The number of halogens is 7. The Bertz CT molecular complexity index is 758. The Morgan fingerprint density at radius 2 is 1.64 bits per heavy atom. The molecule has 0 fully saturated rings. The molecule has 0 bridgehead atoms. The van der Waals surface area contributed by atoms with Gasteiger partial charge in [-0.15, -0.1) is 11.3 Å². The van der Waals surface area contributed by atoms with Crippen molar-refractivity contribution in [2.75, 3.05) is 11.9 Å². The summed E-state index contributed by atoms with van der Waals surface area (Å²) >= 11 is 0.700. The van der Waals surface area contributed by atoms with Crippen LogP contribution in [0.25, 0.3) is 0 Å². The molecule has 0 saturated heterocycles. The second-order valence-electron chi connectivity index (χ2n) is 6.09. The van der Waals surface area contributed by atoms with Crippen molar-refractivity contribution in [2.45, 2.75) is 57.0 Å². The fraction of sp³-hybridized carbons (Fsp3) is 0.625. The third-order valence-electron chi connectivity index (χ3n) is 4.16. The van der Waals surface area contributed by atoms with E-state index in [9.17, 15) is 40.3 Å². The number of thiophene rings is 1. The Hall–Kier alpha value is -1.85. The van der Waals surface area contributed by atoms with Crippen LogP contribution in [0.4, 0.5) is 35.7 Å². The summed E-state index contributed by atoms with van der Waals surface area (Å²) in [6.45, 7) is 1.39. The zero-order valence-corrected chi connectivity index (χ0v) is 15.3. The lowest BCUT2D eigenvalue weighted by atomic mass is 10.1. The molecule has 0 aromatic carbocycles. The van der Waals surface area contributed by atoms with Gasteiger partial charge in [-0.3, -0.25) is 4.79 Å². The first-order chi connectivity index (χ1) is 12.8. The molecule has 12 heteroatoms. The lowest BCUT2D eigenvalue weighted by molar-refractivity contribution is -0.343. The highest BCUT2D eigenvalue weighted by Gasteiger charge is 2.76. The molecule has 1 N–H and O–H groups in total. The van der Waals surface area contributed by atoms with Gasteiger partial charge >= 0.3 is 29.9 Å². The number of esters is 1.